The van der Waals surface area contributed by atoms with Crippen molar-refractivity contribution in [2.45, 2.75) is 0 Å². The van der Waals surface area contributed by atoms with Crippen LogP contribution in [0.2, 0.25) is 0 Å². The zero-order chi connectivity index (χ0) is 25.1. The van der Waals surface area contributed by atoms with Crippen LogP contribution >= 0.6 is 0 Å². The van der Waals surface area contributed by atoms with Crippen molar-refractivity contribution in [3.05, 3.63) is 120 Å². The van der Waals surface area contributed by atoms with E-state index in [-0.39, 0.29) is 23.0 Å². The summed E-state index contributed by atoms with van der Waals surface area (Å²) < 4.78 is 7.92. The van der Waals surface area contributed by atoms with Crippen LogP contribution in [0, 0.1) is 0 Å². The Morgan fingerprint density at radius 3 is 1.89 bits per heavy atom. The van der Waals surface area contributed by atoms with Gasteiger partial charge in [-0.25, -0.2) is 0 Å². The number of hydrogen-bond acceptors (Lipinski definition) is 4. The van der Waals surface area contributed by atoms with Gasteiger partial charge in [-0.15, -0.1) is 0 Å². The van der Waals surface area contributed by atoms with Crippen molar-refractivity contribution in [1.29, 1.82) is 0 Å². The third kappa shape index (κ3) is 3.36. The first-order chi connectivity index (χ1) is 18.1. The van der Waals surface area contributed by atoms with Gasteiger partial charge in [-0.3, -0.25) is 9.59 Å². The standard InChI is InChI=1S/C32H20N2O3/c1-34-27(21-13-11-20(12-14-21)19-7-3-2-4-8-19)18-28-32(34)33-29(37-28)17-26-30(35)24-15-22-9-5-6-10-23(22)16-25(24)31(26)36/h2-18H,1H3. The molecule has 7 rings (SSSR count). The number of rotatable bonds is 3. The Bertz CT molecular complexity index is 1850. The number of oxazole rings is 1. The van der Waals surface area contributed by atoms with Gasteiger partial charge in [-0.05, 0) is 39.6 Å². The molecule has 0 saturated carbocycles. The van der Waals surface area contributed by atoms with Crippen molar-refractivity contribution < 1.29 is 14.0 Å². The SMILES string of the molecule is Cn1c(-c2ccc(-c3ccccc3)cc2)cc2oc(C=C3C(=O)c4cc5ccccc5cc4C3=O)nc21. The van der Waals surface area contributed by atoms with Crippen LogP contribution in [-0.4, -0.2) is 21.1 Å². The molecule has 6 aromatic rings. The lowest BCUT2D eigenvalue weighted by Gasteiger charge is -2.06. The molecule has 0 aliphatic heterocycles. The summed E-state index contributed by atoms with van der Waals surface area (Å²) in [6.45, 7) is 0. The zero-order valence-corrected chi connectivity index (χ0v) is 19.9. The van der Waals surface area contributed by atoms with Crippen LogP contribution in [-0.2, 0) is 7.05 Å². The average Bonchev–Trinajstić information content (AvgIpc) is 3.55. The van der Waals surface area contributed by atoms with Gasteiger partial charge in [-0.2, -0.15) is 4.98 Å². The maximum Gasteiger partial charge on any atom is 0.222 e. The molecule has 0 N–H and O–H groups in total. The first-order valence-corrected chi connectivity index (χ1v) is 12.0. The van der Waals surface area contributed by atoms with Gasteiger partial charge in [0.15, 0.2) is 22.8 Å². The fourth-order valence-electron chi connectivity index (χ4n) is 5.08. The van der Waals surface area contributed by atoms with Gasteiger partial charge >= 0.3 is 0 Å². The number of aryl methyl sites for hydroxylation is 1. The normalized spacial score (nSPS) is 13.1. The minimum atomic E-state index is -0.299. The van der Waals surface area contributed by atoms with E-state index in [9.17, 15) is 9.59 Å². The molecule has 2 aromatic heterocycles. The van der Waals surface area contributed by atoms with Crippen LogP contribution in [0.5, 0.6) is 0 Å². The summed E-state index contributed by atoms with van der Waals surface area (Å²) in [6, 6.07) is 31.8. The van der Waals surface area contributed by atoms with E-state index in [1.165, 1.54) is 11.6 Å². The highest BCUT2D eigenvalue weighted by atomic mass is 16.3. The molecule has 5 heteroatoms. The Morgan fingerprint density at radius 1 is 0.703 bits per heavy atom. The quantitative estimate of drug-likeness (QED) is 0.200. The summed E-state index contributed by atoms with van der Waals surface area (Å²) in [4.78, 5) is 30.8. The van der Waals surface area contributed by atoms with Gasteiger partial charge in [0.25, 0.3) is 0 Å². The Labute approximate surface area is 212 Å². The maximum absolute atomic E-state index is 13.1. The summed E-state index contributed by atoms with van der Waals surface area (Å²) in [5, 5.41) is 1.85. The molecule has 5 nitrogen and oxygen atoms in total. The molecule has 4 aromatic carbocycles. The Morgan fingerprint density at radius 2 is 1.27 bits per heavy atom. The number of Topliss-reactive ketones (excluding diaryl/α,β-unsaturated/α-hetero) is 2. The van der Waals surface area contributed by atoms with E-state index in [0.29, 0.717) is 22.4 Å². The highest BCUT2D eigenvalue weighted by molar-refractivity contribution is 6.42. The van der Waals surface area contributed by atoms with E-state index >= 15 is 0 Å². The number of hydrogen-bond donors (Lipinski definition) is 0. The first kappa shape index (κ1) is 21.3. The lowest BCUT2D eigenvalue weighted by atomic mass is 10.0. The molecule has 0 bridgehead atoms. The number of fused-ring (bicyclic) bond motifs is 3. The molecule has 37 heavy (non-hydrogen) atoms. The fourth-order valence-corrected chi connectivity index (χ4v) is 5.08. The van der Waals surface area contributed by atoms with Gasteiger partial charge in [0.05, 0.1) is 11.3 Å². The summed E-state index contributed by atoms with van der Waals surface area (Å²) >= 11 is 0. The van der Waals surface area contributed by atoms with E-state index in [1.54, 1.807) is 12.1 Å². The molecule has 0 atom stereocenters. The number of allylic oxidation sites excluding steroid dienone is 1. The van der Waals surface area contributed by atoms with Gasteiger partial charge in [0, 0.05) is 30.3 Å². The van der Waals surface area contributed by atoms with Crippen molar-refractivity contribution in [2.75, 3.05) is 0 Å². The van der Waals surface area contributed by atoms with E-state index < -0.39 is 0 Å². The van der Waals surface area contributed by atoms with Gasteiger partial charge in [0.2, 0.25) is 5.89 Å². The molecule has 0 saturated heterocycles. The third-order valence-corrected chi connectivity index (χ3v) is 7.02. The van der Waals surface area contributed by atoms with Crippen LogP contribution in [0.3, 0.4) is 0 Å². The van der Waals surface area contributed by atoms with Crippen LogP contribution in [0.4, 0.5) is 0 Å². The minimum Gasteiger partial charge on any atom is -0.435 e. The molecule has 2 heterocycles. The number of benzene rings is 4. The van der Waals surface area contributed by atoms with Crippen LogP contribution < -0.4 is 0 Å². The van der Waals surface area contributed by atoms with Crippen LogP contribution in [0.25, 0.3) is 50.5 Å². The van der Waals surface area contributed by atoms with Crippen molar-refractivity contribution >= 4 is 39.6 Å². The second-order valence-electron chi connectivity index (χ2n) is 9.23. The average molecular weight is 481 g/mol. The molecule has 0 fully saturated rings. The predicted octanol–water partition coefficient (Wildman–Crippen LogP) is 7.12. The Kier molecular flexibility index (Phi) is 4.60. The largest absolute Gasteiger partial charge is 0.435 e. The predicted molar refractivity (Wildman–Crippen MR) is 144 cm³/mol. The lowest BCUT2D eigenvalue weighted by molar-refractivity contribution is 0.0990. The van der Waals surface area contributed by atoms with Gasteiger partial charge < -0.3 is 8.98 Å². The highest BCUT2D eigenvalue weighted by Crippen LogP contribution is 2.33. The van der Waals surface area contributed by atoms with E-state index in [2.05, 4.69) is 41.4 Å². The molecular formula is C32H20N2O3. The Balaban J connectivity index is 1.22. The zero-order valence-electron chi connectivity index (χ0n) is 19.9. The second kappa shape index (κ2) is 8.00. The first-order valence-electron chi connectivity index (χ1n) is 12.0. The topological polar surface area (TPSA) is 65.1 Å². The molecular weight excluding hydrogens is 460 g/mol. The number of ketones is 2. The third-order valence-electron chi connectivity index (χ3n) is 7.02. The summed E-state index contributed by atoms with van der Waals surface area (Å²) in [7, 11) is 1.93. The number of nitrogens with zero attached hydrogens (tertiary/aromatic N) is 2. The Hall–Kier alpha value is -5.03. The van der Waals surface area contributed by atoms with Crippen molar-refractivity contribution in [1.82, 2.24) is 9.55 Å². The van der Waals surface area contributed by atoms with E-state index in [1.807, 2.05) is 60.1 Å². The molecule has 0 radical (unpaired) electrons. The maximum atomic E-state index is 13.1. The van der Waals surface area contributed by atoms with E-state index in [0.717, 1.165) is 27.6 Å². The van der Waals surface area contributed by atoms with Gasteiger partial charge in [0.1, 0.15) is 0 Å². The van der Waals surface area contributed by atoms with E-state index in [4.69, 9.17) is 4.42 Å². The highest BCUT2D eigenvalue weighted by Gasteiger charge is 2.34. The number of carbonyl (C=O) groups is 2. The molecule has 1 aliphatic carbocycles. The summed E-state index contributed by atoms with van der Waals surface area (Å²) in [6.07, 6.45) is 1.46. The van der Waals surface area contributed by atoms with Crippen LogP contribution in [0.15, 0.2) is 107 Å². The van der Waals surface area contributed by atoms with Crippen molar-refractivity contribution in [3.8, 4) is 22.4 Å². The smallest absolute Gasteiger partial charge is 0.222 e. The van der Waals surface area contributed by atoms with Crippen LogP contribution in [0.1, 0.15) is 26.6 Å². The molecule has 0 amide bonds. The molecule has 0 spiro atoms. The number of carbonyl (C=O) groups excluding carboxylic acids is 2. The lowest BCUT2D eigenvalue weighted by Crippen LogP contribution is -2.00. The minimum absolute atomic E-state index is 0.0774. The summed E-state index contributed by atoms with van der Waals surface area (Å²) in [5.74, 6) is -0.361. The molecule has 1 aliphatic rings. The number of aromatic nitrogens is 2. The summed E-state index contributed by atoms with van der Waals surface area (Å²) in [5.41, 5.74) is 6.49. The molecule has 0 unspecified atom stereocenters. The van der Waals surface area contributed by atoms with Crippen molar-refractivity contribution in [2.24, 2.45) is 7.05 Å². The fraction of sp³-hybridized carbons (Fsp3) is 0.0312. The monoisotopic (exact) mass is 480 g/mol. The molecule has 176 valence electrons. The van der Waals surface area contributed by atoms with Gasteiger partial charge in [-0.1, -0.05) is 78.9 Å². The van der Waals surface area contributed by atoms with Crippen molar-refractivity contribution in [3.63, 3.8) is 0 Å². The second-order valence-corrected chi connectivity index (χ2v) is 9.23.